The van der Waals surface area contributed by atoms with Crippen molar-refractivity contribution in [2.45, 2.75) is 13.8 Å². The molecule has 3 aromatic rings. The highest BCUT2D eigenvalue weighted by atomic mass is 32.1. The number of halogens is 1. The third kappa shape index (κ3) is 4.38. The second kappa shape index (κ2) is 8.10. The highest BCUT2D eigenvalue weighted by Gasteiger charge is 2.18. The van der Waals surface area contributed by atoms with Gasteiger partial charge in [0.25, 0.3) is 0 Å². The van der Waals surface area contributed by atoms with E-state index in [1.807, 2.05) is 50.2 Å². The summed E-state index contributed by atoms with van der Waals surface area (Å²) in [5, 5.41) is 16.3. The zero-order valence-electron chi connectivity index (χ0n) is 15.1. The highest BCUT2D eigenvalue weighted by molar-refractivity contribution is 7.81. The standard InChI is InChI=1S/C22H19FN2OS/c1-15-6-11-19(14-16(15)2)24-22(27)20(25-12-4-3-5-13-25)21(26)17-7-9-18(23)10-8-17/h3-14H,1-2H3,(H-,24,26,27). The molecule has 2 aromatic carbocycles. The molecule has 0 radical (unpaired) electrons. The number of hydrogen-bond acceptors (Lipinski definition) is 2. The molecule has 3 nitrogen and oxygen atoms in total. The molecule has 0 unspecified atom stereocenters. The van der Waals surface area contributed by atoms with Crippen LogP contribution in [0.2, 0.25) is 0 Å². The van der Waals surface area contributed by atoms with Gasteiger partial charge in [-0.05, 0) is 60.6 Å². The van der Waals surface area contributed by atoms with Crippen molar-refractivity contribution in [1.82, 2.24) is 0 Å². The molecule has 0 fully saturated rings. The van der Waals surface area contributed by atoms with E-state index < -0.39 is 5.82 Å². The molecule has 27 heavy (non-hydrogen) atoms. The molecule has 0 saturated heterocycles. The molecule has 0 aliphatic carbocycles. The lowest BCUT2D eigenvalue weighted by Crippen LogP contribution is -2.39. The molecule has 0 atom stereocenters. The van der Waals surface area contributed by atoms with Crippen molar-refractivity contribution in [3.05, 3.63) is 95.6 Å². The van der Waals surface area contributed by atoms with Crippen LogP contribution in [0.3, 0.4) is 0 Å². The Balaban J connectivity index is 2.04. The van der Waals surface area contributed by atoms with Gasteiger partial charge in [0.2, 0.25) is 5.70 Å². The fourth-order valence-corrected chi connectivity index (χ4v) is 2.95. The molecule has 1 N–H and O–H groups in total. The van der Waals surface area contributed by atoms with Crippen LogP contribution in [0.25, 0.3) is 11.5 Å². The summed E-state index contributed by atoms with van der Waals surface area (Å²) in [7, 11) is 0. The molecule has 1 heterocycles. The average Bonchev–Trinajstić information content (AvgIpc) is 2.66. The normalized spacial score (nSPS) is 11.7. The lowest BCUT2D eigenvalue weighted by Gasteiger charge is -2.17. The first-order chi connectivity index (χ1) is 13.0. The van der Waals surface area contributed by atoms with Crippen LogP contribution in [0.5, 0.6) is 0 Å². The summed E-state index contributed by atoms with van der Waals surface area (Å²) < 4.78 is 14.9. The Bertz CT molecular complexity index is 999. The van der Waals surface area contributed by atoms with Crippen LogP contribution in [0.1, 0.15) is 16.7 Å². The largest absolute Gasteiger partial charge is 0.867 e. The van der Waals surface area contributed by atoms with Gasteiger partial charge in [-0.25, -0.2) is 4.39 Å². The second-order valence-corrected chi connectivity index (χ2v) is 6.63. The Morgan fingerprint density at radius 1 is 0.963 bits per heavy atom. The zero-order valence-corrected chi connectivity index (χ0v) is 15.9. The third-order valence-corrected chi connectivity index (χ3v) is 4.57. The summed E-state index contributed by atoms with van der Waals surface area (Å²) in [5.74, 6) is -0.677. The Morgan fingerprint density at radius 2 is 1.63 bits per heavy atom. The van der Waals surface area contributed by atoms with Crippen molar-refractivity contribution in [2.24, 2.45) is 0 Å². The molecule has 3 rings (SSSR count). The van der Waals surface area contributed by atoms with Gasteiger partial charge in [0, 0.05) is 17.8 Å². The van der Waals surface area contributed by atoms with Crippen molar-refractivity contribution in [3.63, 3.8) is 0 Å². The number of aromatic nitrogens is 1. The van der Waals surface area contributed by atoms with Crippen LogP contribution in [0.15, 0.2) is 73.1 Å². The van der Waals surface area contributed by atoms with Gasteiger partial charge < -0.3 is 10.4 Å². The predicted molar refractivity (Wildman–Crippen MR) is 108 cm³/mol. The number of nitrogens with zero attached hydrogens (tertiary/aromatic N) is 1. The van der Waals surface area contributed by atoms with E-state index in [0.29, 0.717) is 16.2 Å². The Kier molecular flexibility index (Phi) is 5.62. The Morgan fingerprint density at radius 3 is 2.26 bits per heavy atom. The van der Waals surface area contributed by atoms with Gasteiger partial charge in [0.1, 0.15) is 5.82 Å². The molecule has 1 aromatic heterocycles. The van der Waals surface area contributed by atoms with Gasteiger partial charge in [0.15, 0.2) is 17.4 Å². The smallest absolute Gasteiger partial charge is 0.238 e. The minimum atomic E-state index is -0.392. The first-order valence-electron chi connectivity index (χ1n) is 8.48. The van der Waals surface area contributed by atoms with E-state index in [-0.39, 0.29) is 5.76 Å². The van der Waals surface area contributed by atoms with Gasteiger partial charge in [-0.15, -0.1) is 0 Å². The van der Waals surface area contributed by atoms with Crippen LogP contribution in [0.4, 0.5) is 10.1 Å². The lowest BCUT2D eigenvalue weighted by molar-refractivity contribution is -0.577. The lowest BCUT2D eigenvalue weighted by atomic mass is 10.1. The molecular formula is C22H19FN2OS. The summed E-state index contributed by atoms with van der Waals surface area (Å²) in [6.45, 7) is 4.05. The first-order valence-corrected chi connectivity index (χ1v) is 8.89. The van der Waals surface area contributed by atoms with Crippen molar-refractivity contribution in [3.8, 4) is 0 Å². The maximum absolute atomic E-state index is 13.2. The number of rotatable bonds is 4. The summed E-state index contributed by atoms with van der Waals surface area (Å²) in [6, 6.07) is 16.8. The number of nitrogens with one attached hydrogen (secondary N) is 1. The van der Waals surface area contributed by atoms with Crippen LogP contribution >= 0.6 is 12.2 Å². The van der Waals surface area contributed by atoms with Crippen LogP contribution in [-0.2, 0) is 0 Å². The fraction of sp³-hybridized carbons (Fsp3) is 0.0909. The monoisotopic (exact) mass is 378 g/mol. The van der Waals surface area contributed by atoms with E-state index >= 15 is 0 Å². The number of anilines is 1. The molecule has 0 spiro atoms. The quantitative estimate of drug-likeness (QED) is 0.324. The van der Waals surface area contributed by atoms with Crippen LogP contribution in [-0.4, -0.2) is 4.99 Å². The third-order valence-electron chi connectivity index (χ3n) is 4.28. The molecule has 136 valence electrons. The van der Waals surface area contributed by atoms with E-state index in [1.54, 1.807) is 17.0 Å². The SMILES string of the molecule is Cc1ccc(NC(=S)/C(=C(\[O-])c2ccc(F)cc2)[n+]2ccccc2)cc1C. The molecule has 0 aliphatic rings. The van der Waals surface area contributed by atoms with E-state index in [9.17, 15) is 9.50 Å². The maximum atomic E-state index is 13.2. The number of thiocarbonyl (C=S) groups is 1. The molecule has 0 amide bonds. The highest BCUT2D eigenvalue weighted by Crippen LogP contribution is 2.19. The summed E-state index contributed by atoms with van der Waals surface area (Å²) >= 11 is 5.55. The average molecular weight is 378 g/mol. The van der Waals surface area contributed by atoms with Crippen molar-refractivity contribution < 1.29 is 14.1 Å². The summed E-state index contributed by atoms with van der Waals surface area (Å²) in [4.78, 5) is 0.295. The number of hydrogen-bond donors (Lipinski definition) is 1. The summed E-state index contributed by atoms with van der Waals surface area (Å²) in [5.41, 5.74) is 3.78. The van der Waals surface area contributed by atoms with Gasteiger partial charge >= 0.3 is 0 Å². The zero-order chi connectivity index (χ0) is 19.4. The molecule has 5 heteroatoms. The van der Waals surface area contributed by atoms with Gasteiger partial charge in [0.05, 0.1) is 0 Å². The fourth-order valence-electron chi connectivity index (χ4n) is 2.63. The number of aryl methyl sites for hydroxylation is 2. The van der Waals surface area contributed by atoms with E-state index in [0.717, 1.165) is 11.3 Å². The van der Waals surface area contributed by atoms with Gasteiger partial charge in [-0.3, -0.25) is 0 Å². The van der Waals surface area contributed by atoms with Gasteiger partial charge in [-0.2, -0.15) is 4.57 Å². The van der Waals surface area contributed by atoms with E-state index in [2.05, 4.69) is 5.32 Å². The number of benzene rings is 2. The van der Waals surface area contributed by atoms with Crippen molar-refractivity contribution >= 4 is 34.3 Å². The first kappa shape index (κ1) is 18.7. The van der Waals surface area contributed by atoms with Gasteiger partial charge in [-0.1, -0.05) is 36.5 Å². The topological polar surface area (TPSA) is 39.0 Å². The second-order valence-electron chi connectivity index (χ2n) is 6.22. The van der Waals surface area contributed by atoms with Crippen molar-refractivity contribution in [2.75, 3.05) is 5.32 Å². The molecule has 0 aliphatic heterocycles. The van der Waals surface area contributed by atoms with Crippen LogP contribution in [0, 0.1) is 19.7 Å². The van der Waals surface area contributed by atoms with Crippen molar-refractivity contribution in [1.29, 1.82) is 0 Å². The molecular weight excluding hydrogens is 359 g/mol. The molecule has 0 saturated carbocycles. The Labute approximate surface area is 163 Å². The summed E-state index contributed by atoms with van der Waals surface area (Å²) in [6.07, 6.45) is 3.51. The number of pyridine rings is 1. The molecule has 0 bridgehead atoms. The minimum Gasteiger partial charge on any atom is -0.867 e. The maximum Gasteiger partial charge on any atom is 0.238 e. The predicted octanol–water partition coefficient (Wildman–Crippen LogP) is 3.86. The van der Waals surface area contributed by atoms with Crippen LogP contribution < -0.4 is 15.0 Å². The van der Waals surface area contributed by atoms with E-state index in [4.69, 9.17) is 12.2 Å². The van der Waals surface area contributed by atoms with E-state index in [1.165, 1.54) is 29.8 Å². The minimum absolute atomic E-state index is 0.285. The Hall–Kier alpha value is -3.05.